The highest BCUT2D eigenvalue weighted by molar-refractivity contribution is 6.08. The maximum Gasteiger partial charge on any atom is 0.259 e. The lowest BCUT2D eigenvalue weighted by atomic mass is 10.0. The van der Waals surface area contributed by atoms with E-state index in [-0.39, 0.29) is 5.91 Å². The van der Waals surface area contributed by atoms with Gasteiger partial charge in [0.05, 0.1) is 11.3 Å². The predicted molar refractivity (Wildman–Crippen MR) is 93.0 cm³/mol. The minimum absolute atomic E-state index is 0.165. The lowest BCUT2D eigenvalue weighted by Crippen LogP contribution is -2.13. The molecule has 0 unspecified atom stereocenters. The van der Waals surface area contributed by atoms with Crippen LogP contribution in [0.25, 0.3) is 11.3 Å². The monoisotopic (exact) mass is 318 g/mol. The standard InChI is InChI=1S/C19H18N4O/c1-12-9-13-5-4-6-15-17(18(13)22-10-12)14(11-21-15)19(24)23-16-7-2-3-8-20-16/h2-3,7-11,21H,4-6H2,1H3,(H,20,23,24). The van der Waals surface area contributed by atoms with Gasteiger partial charge in [0.25, 0.3) is 5.91 Å². The number of pyridine rings is 2. The molecule has 0 saturated heterocycles. The van der Waals surface area contributed by atoms with E-state index in [1.165, 1.54) is 5.56 Å². The number of fused-ring (bicyclic) bond motifs is 3. The van der Waals surface area contributed by atoms with Crippen molar-refractivity contribution < 1.29 is 4.79 Å². The van der Waals surface area contributed by atoms with Crippen LogP contribution < -0.4 is 5.32 Å². The number of carbonyl (C=O) groups excluding carboxylic acids is 1. The fourth-order valence-electron chi connectivity index (χ4n) is 3.23. The molecule has 0 bridgehead atoms. The summed E-state index contributed by atoms with van der Waals surface area (Å²) in [4.78, 5) is 24.8. The average Bonchev–Trinajstić information content (AvgIpc) is 2.92. The van der Waals surface area contributed by atoms with Gasteiger partial charge in [-0.3, -0.25) is 9.78 Å². The molecule has 0 spiro atoms. The van der Waals surface area contributed by atoms with Gasteiger partial charge in [-0.05, 0) is 49.4 Å². The van der Waals surface area contributed by atoms with Gasteiger partial charge in [0.2, 0.25) is 0 Å². The number of anilines is 1. The van der Waals surface area contributed by atoms with Crippen LogP contribution in [-0.4, -0.2) is 20.9 Å². The Balaban J connectivity index is 1.77. The quantitative estimate of drug-likeness (QED) is 0.759. The highest BCUT2D eigenvalue weighted by Crippen LogP contribution is 2.34. The Morgan fingerprint density at radius 3 is 3.00 bits per heavy atom. The van der Waals surface area contributed by atoms with E-state index in [4.69, 9.17) is 0 Å². The zero-order chi connectivity index (χ0) is 16.5. The number of rotatable bonds is 2. The molecule has 3 aromatic heterocycles. The summed E-state index contributed by atoms with van der Waals surface area (Å²) in [6.45, 7) is 2.05. The van der Waals surface area contributed by atoms with Gasteiger partial charge in [-0.15, -0.1) is 0 Å². The van der Waals surface area contributed by atoms with Crippen molar-refractivity contribution >= 4 is 11.7 Å². The van der Waals surface area contributed by atoms with Crippen molar-refractivity contribution in [3.8, 4) is 11.3 Å². The minimum atomic E-state index is -0.165. The summed E-state index contributed by atoms with van der Waals surface area (Å²) >= 11 is 0. The van der Waals surface area contributed by atoms with E-state index >= 15 is 0 Å². The van der Waals surface area contributed by atoms with Crippen LogP contribution >= 0.6 is 0 Å². The van der Waals surface area contributed by atoms with Crippen molar-refractivity contribution in [2.45, 2.75) is 26.2 Å². The molecule has 1 aliphatic carbocycles. The second-order valence-corrected chi connectivity index (χ2v) is 6.10. The summed E-state index contributed by atoms with van der Waals surface area (Å²) in [5, 5.41) is 2.86. The van der Waals surface area contributed by atoms with Crippen LogP contribution in [0.4, 0.5) is 5.82 Å². The highest BCUT2D eigenvalue weighted by Gasteiger charge is 2.24. The minimum Gasteiger partial charge on any atom is -0.364 e. The molecule has 0 atom stereocenters. The molecule has 5 heteroatoms. The highest BCUT2D eigenvalue weighted by atomic mass is 16.1. The van der Waals surface area contributed by atoms with Crippen LogP contribution in [0, 0.1) is 6.92 Å². The van der Waals surface area contributed by atoms with Crippen molar-refractivity contribution in [3.63, 3.8) is 0 Å². The number of aromatic amines is 1. The average molecular weight is 318 g/mol. The Morgan fingerprint density at radius 2 is 2.17 bits per heavy atom. The Hall–Kier alpha value is -2.95. The molecule has 1 aliphatic rings. The van der Waals surface area contributed by atoms with Crippen LogP contribution in [0.1, 0.15) is 33.6 Å². The number of hydrogen-bond donors (Lipinski definition) is 2. The third kappa shape index (κ3) is 2.58. The van der Waals surface area contributed by atoms with Crippen LogP contribution in [0.2, 0.25) is 0 Å². The van der Waals surface area contributed by atoms with Crippen LogP contribution in [0.15, 0.2) is 42.9 Å². The molecule has 1 amide bonds. The van der Waals surface area contributed by atoms with Crippen molar-refractivity contribution in [2.75, 3.05) is 5.32 Å². The first-order chi connectivity index (χ1) is 11.7. The maximum absolute atomic E-state index is 12.7. The molecule has 3 aromatic rings. The van der Waals surface area contributed by atoms with Crippen molar-refractivity contribution in [1.82, 2.24) is 15.0 Å². The largest absolute Gasteiger partial charge is 0.364 e. The first-order valence-corrected chi connectivity index (χ1v) is 8.11. The third-order valence-corrected chi connectivity index (χ3v) is 4.33. The van der Waals surface area contributed by atoms with E-state index < -0.39 is 0 Å². The van der Waals surface area contributed by atoms with Crippen LogP contribution in [-0.2, 0) is 12.8 Å². The van der Waals surface area contributed by atoms with Gasteiger partial charge in [-0.1, -0.05) is 12.1 Å². The topological polar surface area (TPSA) is 70.7 Å². The summed E-state index contributed by atoms with van der Waals surface area (Å²) in [6.07, 6.45) is 8.25. The number of amides is 1. The Morgan fingerprint density at radius 1 is 1.25 bits per heavy atom. The summed E-state index contributed by atoms with van der Waals surface area (Å²) in [7, 11) is 0. The van der Waals surface area contributed by atoms with E-state index in [0.29, 0.717) is 11.4 Å². The maximum atomic E-state index is 12.7. The lowest BCUT2D eigenvalue weighted by molar-refractivity contribution is 0.102. The van der Waals surface area contributed by atoms with Gasteiger partial charge >= 0.3 is 0 Å². The molecule has 24 heavy (non-hydrogen) atoms. The molecule has 3 heterocycles. The number of hydrogen-bond acceptors (Lipinski definition) is 3. The molecule has 0 fully saturated rings. The Kier molecular flexibility index (Phi) is 3.61. The van der Waals surface area contributed by atoms with Gasteiger partial charge in [0, 0.05) is 29.8 Å². The summed E-state index contributed by atoms with van der Waals surface area (Å²) in [6, 6.07) is 7.62. The first-order valence-electron chi connectivity index (χ1n) is 8.11. The number of nitrogens with one attached hydrogen (secondary N) is 2. The van der Waals surface area contributed by atoms with E-state index in [2.05, 4.69) is 26.3 Å². The molecular formula is C19H18N4O. The van der Waals surface area contributed by atoms with Crippen LogP contribution in [0.3, 0.4) is 0 Å². The van der Waals surface area contributed by atoms with Crippen molar-refractivity contribution in [1.29, 1.82) is 0 Å². The summed E-state index contributed by atoms with van der Waals surface area (Å²) < 4.78 is 0. The van der Waals surface area contributed by atoms with Gasteiger partial charge < -0.3 is 10.3 Å². The molecule has 0 radical (unpaired) electrons. The van der Waals surface area contributed by atoms with Gasteiger partial charge in [-0.25, -0.2) is 4.98 Å². The van der Waals surface area contributed by atoms with E-state index in [9.17, 15) is 4.79 Å². The normalized spacial score (nSPS) is 12.9. The zero-order valence-corrected chi connectivity index (χ0v) is 13.5. The van der Waals surface area contributed by atoms with Crippen molar-refractivity contribution in [2.24, 2.45) is 0 Å². The van der Waals surface area contributed by atoms with Gasteiger partial charge in [-0.2, -0.15) is 0 Å². The van der Waals surface area contributed by atoms with Crippen molar-refractivity contribution in [3.05, 3.63) is 65.2 Å². The number of carbonyl (C=O) groups is 1. The smallest absolute Gasteiger partial charge is 0.259 e. The lowest BCUT2D eigenvalue weighted by Gasteiger charge is -2.09. The molecule has 0 saturated carbocycles. The Labute approximate surface area is 140 Å². The predicted octanol–water partition coefficient (Wildman–Crippen LogP) is 3.52. The summed E-state index contributed by atoms with van der Waals surface area (Å²) in [5.41, 5.74) is 5.90. The zero-order valence-electron chi connectivity index (χ0n) is 13.5. The van der Waals surface area contributed by atoms with Gasteiger partial charge in [0.15, 0.2) is 0 Å². The molecule has 0 aliphatic heterocycles. The van der Waals surface area contributed by atoms with Crippen LogP contribution in [0.5, 0.6) is 0 Å². The van der Waals surface area contributed by atoms with E-state index in [1.807, 2.05) is 25.3 Å². The fourth-order valence-corrected chi connectivity index (χ4v) is 3.23. The van der Waals surface area contributed by atoms with E-state index in [1.54, 1.807) is 18.5 Å². The van der Waals surface area contributed by atoms with Gasteiger partial charge in [0.1, 0.15) is 5.82 Å². The second kappa shape index (κ2) is 5.92. The molecule has 0 aromatic carbocycles. The molecule has 5 nitrogen and oxygen atoms in total. The molecule has 4 rings (SSSR count). The molecule has 120 valence electrons. The molecular weight excluding hydrogens is 300 g/mol. The molecule has 2 N–H and O–H groups in total. The SMILES string of the molecule is Cc1cnc2c(c1)CCCc1[nH]cc(C(=O)Nc3ccccn3)c1-2. The fraction of sp³-hybridized carbons (Fsp3) is 0.211. The number of aromatic nitrogens is 3. The number of nitrogens with zero attached hydrogens (tertiary/aromatic N) is 2. The number of aryl methyl sites for hydroxylation is 3. The number of H-pyrrole nitrogens is 1. The summed E-state index contributed by atoms with van der Waals surface area (Å²) in [5.74, 6) is 0.379. The third-order valence-electron chi connectivity index (χ3n) is 4.33. The first kappa shape index (κ1) is 14.6. The second-order valence-electron chi connectivity index (χ2n) is 6.10. The Bertz CT molecular complexity index is 899. The van der Waals surface area contributed by atoms with E-state index in [0.717, 1.165) is 41.8 Å².